The van der Waals surface area contributed by atoms with E-state index in [1.807, 2.05) is 25.7 Å². The highest BCUT2D eigenvalue weighted by Gasteiger charge is 2.56. The van der Waals surface area contributed by atoms with Gasteiger partial charge in [-0.15, -0.1) is 0 Å². The SMILES string of the molecule is CC(C)(C)OC(=O)N1C2CC1CC1(CNC1)C2. The van der Waals surface area contributed by atoms with Crippen LogP contribution in [0.1, 0.15) is 40.0 Å². The van der Waals surface area contributed by atoms with Crippen molar-refractivity contribution in [1.82, 2.24) is 10.2 Å². The smallest absolute Gasteiger partial charge is 0.410 e. The molecule has 4 nitrogen and oxygen atoms in total. The number of amides is 1. The molecule has 2 bridgehead atoms. The van der Waals surface area contributed by atoms with Crippen molar-refractivity contribution >= 4 is 6.09 Å². The summed E-state index contributed by atoms with van der Waals surface area (Å²) in [6.07, 6.45) is 3.40. The fourth-order valence-electron chi connectivity index (χ4n) is 3.53. The molecule has 0 aromatic carbocycles. The van der Waals surface area contributed by atoms with Crippen LogP contribution < -0.4 is 5.32 Å². The van der Waals surface area contributed by atoms with Gasteiger partial charge in [-0.2, -0.15) is 0 Å². The van der Waals surface area contributed by atoms with Crippen molar-refractivity contribution in [3.05, 3.63) is 0 Å². The lowest BCUT2D eigenvalue weighted by molar-refractivity contribution is -0.104. The van der Waals surface area contributed by atoms with Crippen LogP contribution in [0, 0.1) is 5.41 Å². The maximum atomic E-state index is 12.1. The molecule has 4 rings (SSSR count). The highest BCUT2D eigenvalue weighted by molar-refractivity contribution is 5.70. The Balaban J connectivity index is 1.62. The van der Waals surface area contributed by atoms with E-state index in [2.05, 4.69) is 5.32 Å². The molecule has 2 unspecified atom stereocenters. The topological polar surface area (TPSA) is 41.6 Å². The number of piperidine rings is 1. The van der Waals surface area contributed by atoms with Gasteiger partial charge in [-0.3, -0.25) is 0 Å². The Kier molecular flexibility index (Phi) is 2.25. The van der Waals surface area contributed by atoms with Crippen molar-refractivity contribution < 1.29 is 9.53 Å². The van der Waals surface area contributed by atoms with E-state index >= 15 is 0 Å². The minimum absolute atomic E-state index is 0.110. The first-order chi connectivity index (χ1) is 7.89. The van der Waals surface area contributed by atoms with Crippen LogP contribution in [0.2, 0.25) is 0 Å². The van der Waals surface area contributed by atoms with Crippen molar-refractivity contribution in [1.29, 1.82) is 0 Å². The van der Waals surface area contributed by atoms with Gasteiger partial charge in [-0.25, -0.2) is 4.79 Å². The van der Waals surface area contributed by atoms with Gasteiger partial charge in [0.1, 0.15) is 5.60 Å². The summed E-state index contributed by atoms with van der Waals surface area (Å²) in [5.74, 6) is 0. The molecule has 1 N–H and O–H groups in total. The van der Waals surface area contributed by atoms with Crippen LogP contribution in [-0.2, 0) is 4.74 Å². The Morgan fingerprint density at radius 2 is 1.88 bits per heavy atom. The maximum Gasteiger partial charge on any atom is 0.410 e. The third-order valence-corrected chi connectivity index (χ3v) is 4.27. The van der Waals surface area contributed by atoms with E-state index < -0.39 is 0 Å². The number of hydrogen-bond acceptors (Lipinski definition) is 3. The second-order valence-corrected chi connectivity index (χ2v) is 6.94. The zero-order valence-electron chi connectivity index (χ0n) is 11.0. The number of hydrogen-bond donors (Lipinski definition) is 1. The Morgan fingerprint density at radius 3 is 2.29 bits per heavy atom. The van der Waals surface area contributed by atoms with Gasteiger partial charge in [0, 0.05) is 25.2 Å². The van der Waals surface area contributed by atoms with Crippen LogP contribution in [0.15, 0.2) is 0 Å². The van der Waals surface area contributed by atoms with Gasteiger partial charge in [-0.1, -0.05) is 0 Å². The molecule has 1 amide bonds. The van der Waals surface area contributed by atoms with Crippen LogP contribution >= 0.6 is 0 Å². The summed E-state index contributed by atoms with van der Waals surface area (Å²) in [4.78, 5) is 14.0. The normalized spacial score (nSPS) is 33.9. The molecule has 2 atom stereocenters. The highest BCUT2D eigenvalue weighted by atomic mass is 16.6. The van der Waals surface area contributed by atoms with Gasteiger partial charge < -0.3 is 15.0 Å². The monoisotopic (exact) mass is 238 g/mol. The van der Waals surface area contributed by atoms with Gasteiger partial charge in [0.05, 0.1) is 0 Å². The van der Waals surface area contributed by atoms with Crippen LogP contribution in [0.25, 0.3) is 0 Å². The first-order valence-electron chi connectivity index (χ1n) is 6.61. The molecule has 4 heteroatoms. The number of nitrogens with zero attached hydrogens (tertiary/aromatic N) is 1. The molecule has 4 aliphatic rings. The van der Waals surface area contributed by atoms with E-state index in [1.165, 1.54) is 6.42 Å². The third-order valence-electron chi connectivity index (χ3n) is 4.27. The summed E-state index contributed by atoms with van der Waals surface area (Å²) in [7, 11) is 0. The second kappa shape index (κ2) is 3.37. The molecule has 1 saturated carbocycles. The number of rotatable bonds is 0. The first-order valence-corrected chi connectivity index (χ1v) is 6.61. The summed E-state index contributed by atoms with van der Waals surface area (Å²) in [5, 5.41) is 3.36. The first kappa shape index (κ1) is 11.3. The third kappa shape index (κ3) is 1.82. The second-order valence-electron chi connectivity index (χ2n) is 6.94. The molecular weight excluding hydrogens is 216 g/mol. The van der Waals surface area contributed by atoms with Gasteiger partial charge in [0.25, 0.3) is 0 Å². The fourth-order valence-corrected chi connectivity index (χ4v) is 3.53. The minimum atomic E-state index is -0.378. The summed E-state index contributed by atoms with van der Waals surface area (Å²) in [6, 6.07) is 0.872. The molecule has 0 aromatic rings. The van der Waals surface area contributed by atoms with Crippen LogP contribution in [-0.4, -0.2) is 41.8 Å². The molecule has 17 heavy (non-hydrogen) atoms. The Morgan fingerprint density at radius 1 is 1.29 bits per heavy atom. The molecule has 4 fully saturated rings. The molecular formula is C13H22N2O2. The number of ether oxygens (including phenoxy) is 1. The average molecular weight is 238 g/mol. The molecule has 3 aliphatic heterocycles. The molecule has 0 aromatic heterocycles. The van der Waals surface area contributed by atoms with Crippen molar-refractivity contribution in [3.63, 3.8) is 0 Å². The standard InChI is InChI=1S/C13H22N2O2/c1-12(2,3)17-11(16)15-9-4-10(15)6-13(5-9)7-14-8-13/h9-10,14H,4-8H2,1-3H3. The van der Waals surface area contributed by atoms with E-state index in [1.54, 1.807) is 0 Å². The lowest BCUT2D eigenvalue weighted by atomic mass is 9.61. The van der Waals surface area contributed by atoms with Gasteiger partial charge in [0.15, 0.2) is 0 Å². The minimum Gasteiger partial charge on any atom is -0.444 e. The summed E-state index contributed by atoms with van der Waals surface area (Å²) < 4.78 is 5.47. The number of carbonyl (C=O) groups is 1. The Labute approximate surface area is 103 Å². The molecule has 3 heterocycles. The molecule has 0 radical (unpaired) electrons. The van der Waals surface area contributed by atoms with Crippen molar-refractivity contribution in [2.45, 2.75) is 57.7 Å². The van der Waals surface area contributed by atoms with Crippen LogP contribution in [0.3, 0.4) is 0 Å². The predicted octanol–water partition coefficient (Wildman–Crippen LogP) is 1.75. The molecule has 1 aliphatic carbocycles. The van der Waals surface area contributed by atoms with Crippen molar-refractivity contribution in [2.75, 3.05) is 13.1 Å². The molecule has 3 saturated heterocycles. The average Bonchev–Trinajstić information content (AvgIpc) is 2.12. The van der Waals surface area contributed by atoms with E-state index in [-0.39, 0.29) is 11.7 Å². The summed E-state index contributed by atoms with van der Waals surface area (Å²) in [5.41, 5.74) is 0.128. The Hall–Kier alpha value is -0.770. The highest BCUT2D eigenvalue weighted by Crippen LogP contribution is 2.50. The zero-order valence-corrected chi connectivity index (χ0v) is 11.0. The van der Waals surface area contributed by atoms with E-state index in [0.29, 0.717) is 17.5 Å². The largest absolute Gasteiger partial charge is 0.444 e. The quantitative estimate of drug-likeness (QED) is 0.699. The van der Waals surface area contributed by atoms with E-state index in [9.17, 15) is 4.79 Å². The predicted molar refractivity (Wildman–Crippen MR) is 64.8 cm³/mol. The lowest BCUT2D eigenvalue weighted by Crippen LogP contribution is -2.71. The van der Waals surface area contributed by atoms with Crippen molar-refractivity contribution in [3.8, 4) is 0 Å². The van der Waals surface area contributed by atoms with Crippen LogP contribution in [0.4, 0.5) is 4.79 Å². The summed E-state index contributed by atoms with van der Waals surface area (Å²) in [6.45, 7) is 8.07. The lowest BCUT2D eigenvalue weighted by Gasteiger charge is -2.62. The molecule has 1 spiro atoms. The summed E-state index contributed by atoms with van der Waals surface area (Å²) >= 11 is 0. The van der Waals surface area contributed by atoms with Crippen molar-refractivity contribution in [2.24, 2.45) is 5.41 Å². The van der Waals surface area contributed by atoms with Gasteiger partial charge in [-0.05, 0) is 45.4 Å². The van der Waals surface area contributed by atoms with E-state index in [0.717, 1.165) is 25.9 Å². The number of carbonyl (C=O) groups excluding carboxylic acids is 1. The van der Waals surface area contributed by atoms with Gasteiger partial charge in [0.2, 0.25) is 0 Å². The zero-order chi connectivity index (χ0) is 12.3. The number of nitrogens with one attached hydrogen (secondary N) is 1. The fraction of sp³-hybridized carbons (Fsp3) is 0.923. The Bertz CT molecular complexity index is 330. The maximum absolute atomic E-state index is 12.1. The van der Waals surface area contributed by atoms with Crippen LogP contribution in [0.5, 0.6) is 0 Å². The molecule has 96 valence electrons. The van der Waals surface area contributed by atoms with Gasteiger partial charge >= 0.3 is 6.09 Å². The van der Waals surface area contributed by atoms with E-state index in [4.69, 9.17) is 4.74 Å².